The summed E-state index contributed by atoms with van der Waals surface area (Å²) in [5.41, 5.74) is 5.71. The number of nitrogens with zero attached hydrogens (tertiary/aromatic N) is 1. The number of nitrogens with one attached hydrogen (secondary N) is 1. The maximum absolute atomic E-state index is 13.7. The highest BCUT2D eigenvalue weighted by Gasteiger charge is 2.24. The number of halogens is 1. The molecule has 0 aliphatic heterocycles. The molecule has 0 radical (unpaired) electrons. The summed E-state index contributed by atoms with van der Waals surface area (Å²) in [6.45, 7) is 3.99. The van der Waals surface area contributed by atoms with Gasteiger partial charge in [0.25, 0.3) is 5.91 Å². The lowest BCUT2D eigenvalue weighted by atomic mass is 10.0. The fourth-order valence-corrected chi connectivity index (χ4v) is 5.26. The van der Waals surface area contributed by atoms with Crippen molar-refractivity contribution in [3.05, 3.63) is 106 Å². The van der Waals surface area contributed by atoms with Gasteiger partial charge in [0.05, 0.1) is 23.4 Å². The van der Waals surface area contributed by atoms with Crippen LogP contribution in [0.15, 0.2) is 84.2 Å². The summed E-state index contributed by atoms with van der Waals surface area (Å²) >= 11 is 7.33. The zero-order valence-electron chi connectivity index (χ0n) is 20.2. The van der Waals surface area contributed by atoms with Gasteiger partial charge in [-0.05, 0) is 49.7 Å². The van der Waals surface area contributed by atoms with Crippen molar-refractivity contribution in [1.82, 2.24) is 4.98 Å². The lowest BCUT2D eigenvalue weighted by molar-refractivity contribution is 0.0529. The topological polar surface area (TPSA) is 68.3 Å². The summed E-state index contributed by atoms with van der Waals surface area (Å²) in [6.07, 6.45) is 0. The Morgan fingerprint density at radius 1 is 0.973 bits per heavy atom. The van der Waals surface area contributed by atoms with Gasteiger partial charge in [-0.25, -0.2) is 9.78 Å². The van der Waals surface area contributed by atoms with E-state index in [1.54, 1.807) is 25.1 Å². The van der Waals surface area contributed by atoms with Crippen LogP contribution in [0.4, 0.5) is 5.00 Å². The first-order valence-corrected chi connectivity index (χ1v) is 13.0. The van der Waals surface area contributed by atoms with Gasteiger partial charge in [-0.2, -0.15) is 0 Å². The van der Waals surface area contributed by atoms with Crippen LogP contribution in [0.2, 0.25) is 5.02 Å². The third-order valence-electron chi connectivity index (χ3n) is 5.93. The van der Waals surface area contributed by atoms with E-state index in [1.165, 1.54) is 11.3 Å². The SMILES string of the molecule is CCOC(=O)c1c(-c2ccc(Cl)cc2)csc1NC(=O)c1cc(-c2cccc(C)c2)nc2ccccc12. The summed E-state index contributed by atoms with van der Waals surface area (Å²) in [7, 11) is 0. The molecule has 184 valence electrons. The lowest BCUT2D eigenvalue weighted by Crippen LogP contribution is -2.15. The number of rotatable bonds is 6. The molecular formula is C30H23ClN2O3S. The first-order chi connectivity index (χ1) is 17.9. The molecule has 0 saturated carbocycles. The van der Waals surface area contributed by atoms with Crippen molar-refractivity contribution in [2.75, 3.05) is 11.9 Å². The van der Waals surface area contributed by atoms with E-state index in [-0.39, 0.29) is 12.5 Å². The van der Waals surface area contributed by atoms with E-state index in [4.69, 9.17) is 21.3 Å². The second-order valence-electron chi connectivity index (χ2n) is 8.48. The number of benzene rings is 3. The Bertz CT molecular complexity index is 1630. The Hall–Kier alpha value is -4.00. The molecule has 0 aliphatic carbocycles. The molecule has 0 unspecified atom stereocenters. The maximum atomic E-state index is 13.7. The number of ether oxygens (including phenoxy) is 1. The van der Waals surface area contributed by atoms with Crippen molar-refractivity contribution in [2.24, 2.45) is 0 Å². The van der Waals surface area contributed by atoms with Gasteiger partial charge in [-0.1, -0.05) is 65.7 Å². The number of aryl methyl sites for hydroxylation is 1. The minimum atomic E-state index is -0.496. The summed E-state index contributed by atoms with van der Waals surface area (Å²) in [6, 6.07) is 24.5. The number of hydrogen-bond donors (Lipinski definition) is 1. The Morgan fingerprint density at radius 3 is 2.51 bits per heavy atom. The minimum absolute atomic E-state index is 0.219. The highest BCUT2D eigenvalue weighted by Crippen LogP contribution is 2.37. The molecule has 0 bridgehead atoms. The molecule has 0 spiro atoms. The van der Waals surface area contributed by atoms with Gasteiger partial charge in [0, 0.05) is 26.9 Å². The molecule has 5 aromatic rings. The van der Waals surface area contributed by atoms with Crippen LogP contribution < -0.4 is 5.32 Å². The summed E-state index contributed by atoms with van der Waals surface area (Å²) in [4.78, 5) is 31.5. The van der Waals surface area contributed by atoms with E-state index in [1.807, 2.05) is 73.0 Å². The Kier molecular flexibility index (Phi) is 7.04. The van der Waals surface area contributed by atoms with Crippen molar-refractivity contribution in [3.63, 3.8) is 0 Å². The van der Waals surface area contributed by atoms with Crippen LogP contribution in [0.1, 0.15) is 33.2 Å². The Labute approximate surface area is 223 Å². The molecular weight excluding hydrogens is 504 g/mol. The number of para-hydroxylation sites is 1. The average Bonchev–Trinajstić information content (AvgIpc) is 3.32. The normalized spacial score (nSPS) is 10.9. The zero-order chi connectivity index (χ0) is 25.9. The maximum Gasteiger partial charge on any atom is 0.341 e. The predicted molar refractivity (Wildman–Crippen MR) is 151 cm³/mol. The smallest absolute Gasteiger partial charge is 0.341 e. The van der Waals surface area contributed by atoms with Gasteiger partial charge in [0.15, 0.2) is 0 Å². The van der Waals surface area contributed by atoms with Gasteiger partial charge < -0.3 is 10.1 Å². The van der Waals surface area contributed by atoms with Crippen molar-refractivity contribution in [3.8, 4) is 22.4 Å². The van der Waals surface area contributed by atoms with Gasteiger partial charge >= 0.3 is 5.97 Å². The van der Waals surface area contributed by atoms with Crippen LogP contribution >= 0.6 is 22.9 Å². The first-order valence-electron chi connectivity index (χ1n) is 11.8. The highest BCUT2D eigenvalue weighted by molar-refractivity contribution is 7.15. The molecule has 2 heterocycles. The largest absolute Gasteiger partial charge is 0.462 e. The second kappa shape index (κ2) is 10.5. The molecule has 0 atom stereocenters. The number of thiophene rings is 1. The Balaban J connectivity index is 1.58. The van der Waals surface area contributed by atoms with Crippen LogP contribution in [0, 0.1) is 6.92 Å². The van der Waals surface area contributed by atoms with Crippen LogP contribution in [0.5, 0.6) is 0 Å². The molecule has 2 aromatic heterocycles. The first kappa shape index (κ1) is 24.7. The van der Waals surface area contributed by atoms with Gasteiger partial charge in [-0.15, -0.1) is 11.3 Å². The summed E-state index contributed by atoms with van der Waals surface area (Å²) in [5.74, 6) is -0.827. The van der Waals surface area contributed by atoms with Crippen LogP contribution in [-0.4, -0.2) is 23.5 Å². The molecule has 5 rings (SSSR count). The van der Waals surface area contributed by atoms with Crippen molar-refractivity contribution < 1.29 is 14.3 Å². The molecule has 1 N–H and O–H groups in total. The number of aromatic nitrogens is 1. The number of carbonyl (C=O) groups excluding carboxylic acids is 2. The number of carbonyl (C=O) groups is 2. The van der Waals surface area contributed by atoms with E-state index >= 15 is 0 Å². The van der Waals surface area contributed by atoms with Crippen molar-refractivity contribution >= 4 is 50.7 Å². The fraction of sp³-hybridized carbons (Fsp3) is 0.100. The minimum Gasteiger partial charge on any atom is -0.462 e. The predicted octanol–water partition coefficient (Wildman–Crippen LogP) is 8.02. The molecule has 5 nitrogen and oxygen atoms in total. The quantitative estimate of drug-likeness (QED) is 0.227. The summed E-state index contributed by atoms with van der Waals surface area (Å²) < 4.78 is 5.34. The second-order valence-corrected chi connectivity index (χ2v) is 9.79. The molecule has 1 amide bonds. The molecule has 3 aromatic carbocycles. The average molecular weight is 527 g/mol. The number of amides is 1. The molecule has 7 heteroatoms. The summed E-state index contributed by atoms with van der Waals surface area (Å²) in [5, 5.41) is 6.56. The van der Waals surface area contributed by atoms with Gasteiger partial charge in [0.2, 0.25) is 0 Å². The van der Waals surface area contributed by atoms with E-state index in [2.05, 4.69) is 5.32 Å². The number of esters is 1. The monoisotopic (exact) mass is 526 g/mol. The van der Waals surface area contributed by atoms with Crippen LogP contribution in [-0.2, 0) is 4.74 Å². The number of hydrogen-bond acceptors (Lipinski definition) is 5. The standard InChI is InChI=1S/C30H23ClN2O3S/c1-3-36-30(35)27-24(19-11-13-21(31)14-12-19)17-37-29(27)33-28(34)23-16-26(20-8-6-7-18(2)15-20)32-25-10-5-4-9-22(23)25/h4-17H,3H2,1-2H3,(H,33,34). The van der Waals surface area contributed by atoms with E-state index < -0.39 is 5.97 Å². The Morgan fingerprint density at radius 2 is 1.76 bits per heavy atom. The van der Waals surface area contributed by atoms with E-state index in [0.29, 0.717) is 37.9 Å². The van der Waals surface area contributed by atoms with Crippen molar-refractivity contribution in [1.29, 1.82) is 0 Å². The highest BCUT2D eigenvalue weighted by atomic mass is 35.5. The number of pyridine rings is 1. The van der Waals surface area contributed by atoms with E-state index in [9.17, 15) is 9.59 Å². The number of fused-ring (bicyclic) bond motifs is 1. The lowest BCUT2D eigenvalue weighted by Gasteiger charge is -2.12. The van der Waals surface area contributed by atoms with Gasteiger partial charge in [-0.3, -0.25) is 4.79 Å². The molecule has 37 heavy (non-hydrogen) atoms. The fourth-order valence-electron chi connectivity index (χ4n) is 4.18. The van der Waals surface area contributed by atoms with E-state index in [0.717, 1.165) is 22.1 Å². The number of anilines is 1. The molecule has 0 saturated heterocycles. The van der Waals surface area contributed by atoms with Crippen LogP contribution in [0.3, 0.4) is 0 Å². The molecule has 0 fully saturated rings. The third kappa shape index (κ3) is 5.12. The van der Waals surface area contributed by atoms with Crippen molar-refractivity contribution in [2.45, 2.75) is 13.8 Å². The molecule has 0 aliphatic rings. The van der Waals surface area contributed by atoms with Crippen LogP contribution in [0.25, 0.3) is 33.3 Å². The van der Waals surface area contributed by atoms with Gasteiger partial charge in [0.1, 0.15) is 10.6 Å². The third-order valence-corrected chi connectivity index (χ3v) is 7.07. The zero-order valence-corrected chi connectivity index (χ0v) is 21.8.